The van der Waals surface area contributed by atoms with E-state index < -0.39 is 18.2 Å². The zero-order valence-corrected chi connectivity index (χ0v) is 8.90. The number of rotatable bonds is 4. The summed E-state index contributed by atoms with van der Waals surface area (Å²) in [6.07, 6.45) is 0.0157. The largest absolute Gasteiger partial charge is 0.508 e. The molecule has 0 aliphatic carbocycles. The zero-order valence-electron chi connectivity index (χ0n) is 8.90. The van der Waals surface area contributed by atoms with Gasteiger partial charge in [0.2, 0.25) is 0 Å². The number of phenolic OH excluding ortho intramolecular Hbond substituents is 1. The molecule has 0 saturated heterocycles. The number of halogens is 1. The van der Waals surface area contributed by atoms with Crippen molar-refractivity contribution in [1.29, 1.82) is 0 Å². The van der Waals surface area contributed by atoms with Crippen LogP contribution in [0.2, 0.25) is 0 Å². The van der Waals surface area contributed by atoms with Crippen molar-refractivity contribution in [2.75, 3.05) is 0 Å². The van der Waals surface area contributed by atoms with Crippen LogP contribution >= 0.6 is 0 Å². The summed E-state index contributed by atoms with van der Waals surface area (Å²) in [5, 5.41) is 18.0. The van der Waals surface area contributed by atoms with Gasteiger partial charge in [-0.1, -0.05) is 6.07 Å². The van der Waals surface area contributed by atoms with Crippen LogP contribution in [-0.4, -0.2) is 21.7 Å². The van der Waals surface area contributed by atoms with Crippen LogP contribution in [-0.2, 0) is 17.9 Å². The van der Waals surface area contributed by atoms with Gasteiger partial charge in [-0.3, -0.25) is 4.79 Å². The minimum atomic E-state index is -1.44. The van der Waals surface area contributed by atoms with Crippen LogP contribution in [0.25, 0.3) is 0 Å². The molecule has 4 N–H and O–H groups in total. The van der Waals surface area contributed by atoms with Gasteiger partial charge in [0.1, 0.15) is 18.0 Å². The van der Waals surface area contributed by atoms with Crippen LogP contribution in [0.1, 0.15) is 18.1 Å². The van der Waals surface area contributed by atoms with Crippen molar-refractivity contribution in [2.24, 2.45) is 5.73 Å². The maximum atomic E-state index is 12.6. The van der Waals surface area contributed by atoms with Crippen molar-refractivity contribution in [2.45, 2.75) is 25.6 Å². The van der Waals surface area contributed by atoms with E-state index in [9.17, 15) is 9.18 Å². The molecular formula is C11H14FNO3. The number of carboxylic acids is 1. The normalized spacial score (nSPS) is 14.4. The highest BCUT2D eigenvalue weighted by Gasteiger charge is 2.29. The molecule has 0 unspecified atom stereocenters. The molecule has 5 heteroatoms. The molecule has 1 rings (SSSR count). The first kappa shape index (κ1) is 12.4. The summed E-state index contributed by atoms with van der Waals surface area (Å²) < 4.78 is 12.6. The molecule has 0 amide bonds. The zero-order chi connectivity index (χ0) is 12.3. The van der Waals surface area contributed by atoms with Gasteiger partial charge in [0, 0.05) is 6.42 Å². The van der Waals surface area contributed by atoms with Gasteiger partial charge >= 0.3 is 5.97 Å². The Kier molecular flexibility index (Phi) is 3.49. The number of nitrogens with two attached hydrogens (primary N) is 1. The Balaban J connectivity index is 3.01. The van der Waals surface area contributed by atoms with Crippen LogP contribution in [0.3, 0.4) is 0 Å². The fourth-order valence-electron chi connectivity index (χ4n) is 1.38. The highest BCUT2D eigenvalue weighted by Crippen LogP contribution is 2.21. The topological polar surface area (TPSA) is 83.5 Å². The molecule has 0 aromatic heterocycles. The second kappa shape index (κ2) is 4.49. The standard InChI is InChI=1S/C11H14FNO3/c1-11(13,10(15)16)5-7-2-3-9(14)4-8(7)6-12/h2-4,14H,5-6,13H2,1H3,(H,15,16)/t11-/m0/s1. The first-order valence-corrected chi connectivity index (χ1v) is 4.76. The molecule has 1 atom stereocenters. The van der Waals surface area contributed by atoms with Gasteiger partial charge in [-0.05, 0) is 30.2 Å². The van der Waals surface area contributed by atoms with Gasteiger partial charge in [-0.15, -0.1) is 0 Å². The first-order valence-electron chi connectivity index (χ1n) is 4.76. The second-order valence-corrected chi connectivity index (χ2v) is 3.99. The van der Waals surface area contributed by atoms with Crippen molar-refractivity contribution in [3.05, 3.63) is 29.3 Å². The van der Waals surface area contributed by atoms with Crippen molar-refractivity contribution < 1.29 is 19.4 Å². The lowest BCUT2D eigenvalue weighted by molar-refractivity contribution is -0.142. The average Bonchev–Trinajstić information content (AvgIpc) is 2.20. The molecule has 1 aromatic rings. The monoisotopic (exact) mass is 227 g/mol. The minimum absolute atomic E-state index is 0.0157. The Morgan fingerprint density at radius 3 is 2.62 bits per heavy atom. The van der Waals surface area contributed by atoms with E-state index in [0.717, 1.165) is 0 Å². The number of hydrogen-bond acceptors (Lipinski definition) is 3. The molecule has 0 bridgehead atoms. The molecule has 0 aliphatic heterocycles. The molecule has 0 fully saturated rings. The van der Waals surface area contributed by atoms with E-state index >= 15 is 0 Å². The van der Waals surface area contributed by atoms with Crippen molar-refractivity contribution in [3.63, 3.8) is 0 Å². The number of phenols is 1. The summed E-state index contributed by atoms with van der Waals surface area (Å²) >= 11 is 0. The molecule has 0 heterocycles. The molecule has 0 radical (unpaired) electrons. The van der Waals surface area contributed by atoms with Crippen molar-refractivity contribution in [1.82, 2.24) is 0 Å². The highest BCUT2D eigenvalue weighted by atomic mass is 19.1. The average molecular weight is 227 g/mol. The van der Waals surface area contributed by atoms with Gasteiger partial charge < -0.3 is 15.9 Å². The lowest BCUT2D eigenvalue weighted by Gasteiger charge is -2.20. The van der Waals surface area contributed by atoms with Gasteiger partial charge in [-0.2, -0.15) is 0 Å². The Labute approximate surface area is 92.5 Å². The lowest BCUT2D eigenvalue weighted by Crippen LogP contribution is -2.47. The van der Waals surface area contributed by atoms with Gasteiger partial charge in [0.25, 0.3) is 0 Å². The molecule has 0 aliphatic rings. The lowest BCUT2D eigenvalue weighted by atomic mass is 9.91. The Hall–Kier alpha value is -1.62. The Bertz CT molecular complexity index is 404. The number of carbonyl (C=O) groups is 1. The van der Waals surface area contributed by atoms with E-state index in [0.29, 0.717) is 5.56 Å². The molecule has 4 nitrogen and oxygen atoms in total. The first-order chi connectivity index (χ1) is 7.36. The summed E-state index contributed by atoms with van der Waals surface area (Å²) in [4.78, 5) is 10.8. The quantitative estimate of drug-likeness (QED) is 0.721. The summed E-state index contributed by atoms with van der Waals surface area (Å²) in [5.74, 6) is -1.20. The summed E-state index contributed by atoms with van der Waals surface area (Å²) in [7, 11) is 0. The van der Waals surface area contributed by atoms with Gasteiger partial charge in [0.05, 0.1) is 0 Å². The number of carboxylic acid groups (broad SMARTS) is 1. The highest BCUT2D eigenvalue weighted by molar-refractivity contribution is 5.78. The molecule has 0 saturated carbocycles. The maximum absolute atomic E-state index is 12.6. The van der Waals surface area contributed by atoms with Crippen LogP contribution in [0.15, 0.2) is 18.2 Å². The number of benzene rings is 1. The maximum Gasteiger partial charge on any atom is 0.323 e. The number of hydrogen-bond donors (Lipinski definition) is 3. The van der Waals surface area contributed by atoms with E-state index in [4.69, 9.17) is 15.9 Å². The second-order valence-electron chi connectivity index (χ2n) is 3.99. The predicted molar refractivity (Wildman–Crippen MR) is 56.9 cm³/mol. The molecule has 0 spiro atoms. The fourth-order valence-corrected chi connectivity index (χ4v) is 1.38. The molecular weight excluding hydrogens is 213 g/mol. The molecule has 16 heavy (non-hydrogen) atoms. The third kappa shape index (κ3) is 2.70. The SMILES string of the molecule is C[C@](N)(Cc1ccc(O)cc1CF)C(=O)O. The van der Waals surface area contributed by atoms with Crippen LogP contribution < -0.4 is 5.73 Å². The van der Waals surface area contributed by atoms with Gasteiger partial charge in [0.15, 0.2) is 0 Å². The third-order valence-corrected chi connectivity index (χ3v) is 2.38. The number of aromatic hydroxyl groups is 1. The Morgan fingerprint density at radius 2 is 2.12 bits per heavy atom. The summed E-state index contributed by atoms with van der Waals surface area (Å²) in [6.45, 7) is 0.601. The molecule has 88 valence electrons. The minimum Gasteiger partial charge on any atom is -0.508 e. The van der Waals surface area contributed by atoms with Crippen molar-refractivity contribution >= 4 is 5.97 Å². The fraction of sp³-hybridized carbons (Fsp3) is 0.364. The van der Waals surface area contributed by atoms with E-state index in [1.54, 1.807) is 0 Å². The van der Waals surface area contributed by atoms with Crippen LogP contribution in [0.5, 0.6) is 5.75 Å². The van der Waals surface area contributed by atoms with Gasteiger partial charge in [-0.25, -0.2) is 4.39 Å². The van der Waals surface area contributed by atoms with Crippen molar-refractivity contribution in [3.8, 4) is 5.75 Å². The van der Waals surface area contributed by atoms with E-state index in [1.165, 1.54) is 25.1 Å². The van der Waals surface area contributed by atoms with E-state index in [-0.39, 0.29) is 17.7 Å². The van der Waals surface area contributed by atoms with E-state index in [1.807, 2.05) is 0 Å². The molecule has 1 aromatic carbocycles. The smallest absolute Gasteiger partial charge is 0.323 e. The predicted octanol–water partition coefficient (Wildman–Crippen LogP) is 1.21. The Morgan fingerprint density at radius 1 is 1.50 bits per heavy atom. The number of alkyl halides is 1. The third-order valence-electron chi connectivity index (χ3n) is 2.38. The summed E-state index contributed by atoms with van der Waals surface area (Å²) in [6, 6.07) is 4.14. The van der Waals surface area contributed by atoms with E-state index in [2.05, 4.69) is 0 Å². The number of aliphatic carboxylic acids is 1. The van der Waals surface area contributed by atoms with Crippen LogP contribution in [0.4, 0.5) is 4.39 Å². The van der Waals surface area contributed by atoms with Crippen LogP contribution in [0, 0.1) is 0 Å². The summed E-state index contributed by atoms with van der Waals surface area (Å²) in [5.41, 5.74) is 4.88.